The van der Waals surface area contributed by atoms with Crippen LogP contribution < -0.4 is 47.9 Å². The van der Waals surface area contributed by atoms with Gasteiger partial charge < -0.3 is 52.6 Å². The molecule has 1 aromatic rings. The van der Waals surface area contributed by atoms with Crippen LogP contribution in [-0.4, -0.2) is 117 Å². The minimum absolute atomic E-state index is 0.0894. The Labute approximate surface area is 401 Å². The summed E-state index contributed by atoms with van der Waals surface area (Å²) in [7, 11) is 0. The molecule has 1 aromatic carbocycles. The minimum atomic E-state index is -1.66. The van der Waals surface area contributed by atoms with Crippen LogP contribution in [0.1, 0.15) is 143 Å². The molecule has 0 unspecified atom stereocenters. The summed E-state index contributed by atoms with van der Waals surface area (Å²) in [5.74, 6) is -6.99. The van der Waals surface area contributed by atoms with E-state index < -0.39 is 117 Å². The number of amides is 9. The highest BCUT2D eigenvalue weighted by molar-refractivity contribution is 6.01. The van der Waals surface area contributed by atoms with Crippen molar-refractivity contribution in [2.24, 2.45) is 5.92 Å². The minimum Gasteiger partial charge on any atom is -0.458 e. The summed E-state index contributed by atoms with van der Waals surface area (Å²) in [6.45, 7) is 26.7. The maximum atomic E-state index is 13.7. The molecule has 0 heterocycles. The van der Waals surface area contributed by atoms with Gasteiger partial charge in [-0.15, -0.1) is 0 Å². The molecule has 9 amide bonds. The molecule has 0 aliphatic carbocycles. The Kier molecular flexibility index (Phi) is 20.5. The van der Waals surface area contributed by atoms with E-state index in [9.17, 15) is 47.9 Å². The Morgan fingerprint density at radius 3 is 1.38 bits per heavy atom. The average molecular weight is 958 g/mol. The zero-order valence-corrected chi connectivity index (χ0v) is 43.4. The zero-order chi connectivity index (χ0) is 53.0. The fraction of sp³-hybridized carbons (Fsp3) is 0.667. The molecule has 9 N–H and O–H groups in total. The van der Waals surface area contributed by atoms with Crippen molar-refractivity contribution in [3.05, 3.63) is 35.9 Å². The van der Waals surface area contributed by atoms with Crippen molar-refractivity contribution in [3.8, 4) is 0 Å². The quantitative estimate of drug-likeness (QED) is 0.0709. The van der Waals surface area contributed by atoms with Crippen molar-refractivity contribution in [2.75, 3.05) is 6.54 Å². The second kappa shape index (κ2) is 23.3. The second-order valence-electron chi connectivity index (χ2n) is 21.5. The molecule has 0 fully saturated rings. The molecule has 382 valence electrons. The Morgan fingerprint density at radius 2 is 0.956 bits per heavy atom. The van der Waals surface area contributed by atoms with Crippen LogP contribution in [0.4, 0.5) is 0 Å². The monoisotopic (exact) mass is 958 g/mol. The summed E-state index contributed by atoms with van der Waals surface area (Å²) in [6, 6.07) is 6.86. The molecule has 0 saturated carbocycles. The van der Waals surface area contributed by atoms with E-state index in [1.54, 1.807) is 52.0 Å². The van der Waals surface area contributed by atoms with Gasteiger partial charge in [-0.1, -0.05) is 51.1 Å². The van der Waals surface area contributed by atoms with Crippen molar-refractivity contribution < 1.29 is 52.7 Å². The Hall–Kier alpha value is -6.08. The van der Waals surface area contributed by atoms with Crippen LogP contribution in [0.3, 0.4) is 0 Å². The van der Waals surface area contributed by atoms with E-state index in [0.29, 0.717) is 0 Å². The average Bonchev–Trinajstić information content (AvgIpc) is 3.17. The first-order valence-electron chi connectivity index (χ1n) is 22.8. The van der Waals surface area contributed by atoms with Crippen molar-refractivity contribution in [1.82, 2.24) is 47.9 Å². The Balaban J connectivity index is 2.97. The van der Waals surface area contributed by atoms with E-state index in [1.165, 1.54) is 83.1 Å². The van der Waals surface area contributed by atoms with Crippen LogP contribution in [0.25, 0.3) is 0 Å². The third-order valence-corrected chi connectivity index (χ3v) is 10.7. The lowest BCUT2D eigenvalue weighted by Crippen LogP contribution is -2.68. The van der Waals surface area contributed by atoms with Gasteiger partial charge in [-0.2, -0.15) is 0 Å². The lowest BCUT2D eigenvalue weighted by Gasteiger charge is -2.36. The number of hydrogen-bond acceptors (Lipinski definition) is 11. The highest BCUT2D eigenvalue weighted by Crippen LogP contribution is 2.19. The summed E-state index contributed by atoms with van der Waals surface area (Å²) in [4.78, 5) is 133. The smallest absolute Gasteiger partial charge is 0.331 e. The molecule has 0 saturated heterocycles. The van der Waals surface area contributed by atoms with Gasteiger partial charge in [0.2, 0.25) is 53.2 Å². The van der Waals surface area contributed by atoms with Crippen LogP contribution in [0.2, 0.25) is 0 Å². The number of rotatable bonds is 23. The lowest BCUT2D eigenvalue weighted by molar-refractivity contribution is -0.163. The molecular formula is C48H79N9O11. The summed E-state index contributed by atoms with van der Waals surface area (Å²) in [5.41, 5.74) is -9.46. The maximum Gasteiger partial charge on any atom is 0.331 e. The molecule has 20 heteroatoms. The molecule has 1 rings (SSSR count). The van der Waals surface area contributed by atoms with E-state index in [-0.39, 0.29) is 25.2 Å². The highest BCUT2D eigenvalue weighted by atomic mass is 16.6. The number of carbonyl (C=O) groups excluding carboxylic acids is 10. The number of ether oxygens (including phenoxy) is 1. The molecule has 0 bridgehead atoms. The largest absolute Gasteiger partial charge is 0.458 e. The first-order chi connectivity index (χ1) is 30.7. The third-order valence-electron chi connectivity index (χ3n) is 10.7. The van der Waals surface area contributed by atoms with Crippen molar-refractivity contribution in [1.29, 1.82) is 0 Å². The predicted molar refractivity (Wildman–Crippen MR) is 256 cm³/mol. The van der Waals surface area contributed by atoms with Gasteiger partial charge in [0.1, 0.15) is 50.9 Å². The van der Waals surface area contributed by atoms with E-state index in [0.717, 1.165) is 5.56 Å². The Morgan fingerprint density at radius 1 is 0.529 bits per heavy atom. The number of hydrogen-bond donors (Lipinski definition) is 9. The number of benzene rings is 1. The van der Waals surface area contributed by atoms with E-state index in [4.69, 9.17) is 4.74 Å². The van der Waals surface area contributed by atoms with Gasteiger partial charge in [-0.3, -0.25) is 43.2 Å². The van der Waals surface area contributed by atoms with Gasteiger partial charge in [0.25, 0.3) is 0 Å². The fourth-order valence-corrected chi connectivity index (χ4v) is 6.12. The fourth-order valence-electron chi connectivity index (χ4n) is 6.12. The normalized spacial score (nSPS) is 14.1. The van der Waals surface area contributed by atoms with Gasteiger partial charge in [-0.25, -0.2) is 4.79 Å². The van der Waals surface area contributed by atoms with E-state index >= 15 is 0 Å². The molecular weight excluding hydrogens is 879 g/mol. The van der Waals surface area contributed by atoms with E-state index in [2.05, 4.69) is 47.9 Å². The molecule has 0 aromatic heterocycles. The predicted octanol–water partition coefficient (Wildman–Crippen LogP) is 1.48. The summed E-state index contributed by atoms with van der Waals surface area (Å²) < 4.78 is 5.44. The van der Waals surface area contributed by atoms with Crippen LogP contribution in [-0.2, 0) is 59.1 Å². The number of nitrogens with one attached hydrogen (secondary N) is 9. The molecule has 20 nitrogen and oxygen atoms in total. The Bertz CT molecular complexity index is 2040. The summed E-state index contributed by atoms with van der Waals surface area (Å²) in [6.07, 6.45) is 0.455. The molecule has 0 spiro atoms. The first kappa shape index (κ1) is 59.9. The first-order valence-corrected chi connectivity index (χ1v) is 22.8. The van der Waals surface area contributed by atoms with Crippen molar-refractivity contribution >= 4 is 59.1 Å². The van der Waals surface area contributed by atoms with Crippen LogP contribution in [0.5, 0.6) is 0 Å². The second-order valence-corrected chi connectivity index (χ2v) is 21.5. The maximum absolute atomic E-state index is 13.7. The topological polar surface area (TPSA) is 288 Å². The molecule has 0 radical (unpaired) electrons. The lowest BCUT2D eigenvalue weighted by atomic mass is 9.93. The number of esters is 1. The highest BCUT2D eigenvalue weighted by Gasteiger charge is 2.44. The standard InChI is InChI=1S/C48H79N9O11/c1-19-48(18,40(66)57-47(16,17)41(67)68-42(5,6)7)53-35(61)31(25-28(2)3)51-33(59)27-49-36(62)43(8,9)54-38(64)45(12,13)56-39(65)46(14,15)55-37(63)44(10,11)52-34(60)32(50-29(4)58)26-30-23-21-20-22-24-30/h20-24,28,31-32H,19,25-27H2,1-18H3,(H,49,62)(H,50,58)(H,51,59)(H,52,60)(H,53,61)(H,54,64)(H,55,63)(H,56,65)(H,57,66)/t31-,32-,48-/m0/s1. The van der Waals surface area contributed by atoms with Crippen molar-refractivity contribution in [3.63, 3.8) is 0 Å². The van der Waals surface area contributed by atoms with Gasteiger partial charge in [-0.05, 0) is 121 Å². The van der Waals surface area contributed by atoms with Crippen LogP contribution >= 0.6 is 0 Å². The van der Waals surface area contributed by atoms with Crippen LogP contribution in [0.15, 0.2) is 30.3 Å². The molecule has 3 atom stereocenters. The van der Waals surface area contributed by atoms with Crippen molar-refractivity contribution in [2.45, 2.75) is 195 Å². The van der Waals surface area contributed by atoms with Gasteiger partial charge in [0.05, 0.1) is 6.54 Å². The van der Waals surface area contributed by atoms with Crippen LogP contribution in [0, 0.1) is 5.92 Å². The SMILES string of the molecule is CC[C@](C)(NC(=O)[C@H](CC(C)C)NC(=O)CNC(=O)C(C)(C)NC(=O)C(C)(C)NC(=O)C(C)(C)NC(=O)C(C)(C)NC(=O)[C@H](Cc1ccccc1)NC(C)=O)C(=O)NC(C)(C)C(=O)OC(C)(C)C. The molecule has 0 aliphatic heterocycles. The summed E-state index contributed by atoms with van der Waals surface area (Å²) >= 11 is 0. The van der Waals surface area contributed by atoms with E-state index in [1.807, 2.05) is 19.9 Å². The summed E-state index contributed by atoms with van der Waals surface area (Å²) in [5, 5.41) is 23.5. The zero-order valence-electron chi connectivity index (χ0n) is 43.4. The van der Waals surface area contributed by atoms with Gasteiger partial charge in [0.15, 0.2) is 0 Å². The van der Waals surface area contributed by atoms with Gasteiger partial charge >= 0.3 is 5.97 Å². The third kappa shape index (κ3) is 18.9. The molecule has 68 heavy (non-hydrogen) atoms. The molecule has 0 aliphatic rings. The van der Waals surface area contributed by atoms with Gasteiger partial charge in [0, 0.05) is 13.3 Å². The number of carbonyl (C=O) groups is 10.